The summed E-state index contributed by atoms with van der Waals surface area (Å²) in [6, 6.07) is 3.00. The van der Waals surface area contributed by atoms with Crippen LogP contribution in [0.4, 0.5) is 18.0 Å². The lowest BCUT2D eigenvalue weighted by atomic mass is 10.3. The Kier molecular flexibility index (Phi) is 7.04. The molecule has 0 atom stereocenters. The van der Waals surface area contributed by atoms with Crippen LogP contribution in [-0.4, -0.2) is 50.5 Å². The first-order chi connectivity index (χ1) is 14.7. The number of imidazole rings is 1. The number of amides is 2. The van der Waals surface area contributed by atoms with Gasteiger partial charge in [-0.05, 0) is 43.2 Å². The van der Waals surface area contributed by atoms with Gasteiger partial charge in [-0.2, -0.15) is 13.2 Å². The van der Waals surface area contributed by atoms with Gasteiger partial charge in [-0.25, -0.2) is 4.98 Å². The van der Waals surface area contributed by atoms with E-state index in [1.165, 1.54) is 17.2 Å². The summed E-state index contributed by atoms with van der Waals surface area (Å²) >= 11 is 0.939. The van der Waals surface area contributed by atoms with E-state index in [0.29, 0.717) is 17.7 Å². The molecule has 3 rings (SSSR count). The van der Waals surface area contributed by atoms with E-state index in [1.807, 2.05) is 6.92 Å². The van der Waals surface area contributed by atoms with Crippen molar-refractivity contribution in [2.24, 2.45) is 0 Å². The predicted molar refractivity (Wildman–Crippen MR) is 108 cm³/mol. The molecular formula is C20H20F3N3O4S. The van der Waals surface area contributed by atoms with Crippen LogP contribution in [0.3, 0.4) is 0 Å². The second-order valence-corrected chi connectivity index (χ2v) is 7.77. The largest absolute Gasteiger partial charge is 0.490 e. The van der Waals surface area contributed by atoms with E-state index in [9.17, 15) is 27.6 Å². The maximum Gasteiger partial charge on any atom is 0.456 e. The Morgan fingerprint density at radius 3 is 2.77 bits per heavy atom. The monoisotopic (exact) mass is 455 g/mol. The summed E-state index contributed by atoms with van der Waals surface area (Å²) < 4.78 is 44.8. The number of ketones is 1. The SMILES string of the molecule is CCC/C=C1/SC(=O)N(CCCCOc2cccn3c(C(=O)C(F)(F)F)cnc23)C1=O. The van der Waals surface area contributed by atoms with Crippen molar-refractivity contribution in [3.05, 3.63) is 41.2 Å². The number of halogens is 3. The van der Waals surface area contributed by atoms with Crippen molar-refractivity contribution in [2.45, 2.75) is 38.8 Å². The third-order valence-corrected chi connectivity index (χ3v) is 5.47. The number of pyridine rings is 1. The van der Waals surface area contributed by atoms with E-state index in [0.717, 1.165) is 35.2 Å². The maximum absolute atomic E-state index is 12.7. The third-order valence-electron chi connectivity index (χ3n) is 4.52. The first-order valence-corrected chi connectivity index (χ1v) is 10.5. The molecule has 3 heterocycles. The van der Waals surface area contributed by atoms with E-state index in [1.54, 1.807) is 12.1 Å². The molecule has 0 aromatic carbocycles. The van der Waals surface area contributed by atoms with E-state index in [-0.39, 0.29) is 35.7 Å². The van der Waals surface area contributed by atoms with E-state index in [2.05, 4.69) is 4.98 Å². The molecule has 0 spiro atoms. The minimum atomic E-state index is -5.00. The summed E-state index contributed by atoms with van der Waals surface area (Å²) in [5.74, 6) is -2.03. The highest BCUT2D eigenvalue weighted by Crippen LogP contribution is 2.31. The van der Waals surface area contributed by atoms with Crippen LogP contribution in [-0.2, 0) is 4.79 Å². The van der Waals surface area contributed by atoms with Gasteiger partial charge in [0.2, 0.25) is 0 Å². The van der Waals surface area contributed by atoms with E-state index >= 15 is 0 Å². The summed E-state index contributed by atoms with van der Waals surface area (Å²) in [7, 11) is 0. The molecule has 0 radical (unpaired) electrons. The van der Waals surface area contributed by atoms with Gasteiger partial charge in [-0.1, -0.05) is 19.4 Å². The van der Waals surface area contributed by atoms with Gasteiger partial charge in [-0.15, -0.1) is 0 Å². The van der Waals surface area contributed by atoms with Gasteiger partial charge in [0.1, 0.15) is 5.69 Å². The molecule has 1 aliphatic rings. The number of carbonyl (C=O) groups excluding carboxylic acids is 3. The zero-order chi connectivity index (χ0) is 22.6. The number of thioether (sulfide) groups is 1. The average molecular weight is 455 g/mol. The maximum atomic E-state index is 12.7. The number of ether oxygens (including phenoxy) is 1. The summed E-state index contributed by atoms with van der Waals surface area (Å²) in [6.45, 7) is 2.45. The van der Waals surface area contributed by atoms with Gasteiger partial charge in [0, 0.05) is 12.7 Å². The fourth-order valence-electron chi connectivity index (χ4n) is 2.97. The smallest absolute Gasteiger partial charge is 0.456 e. The molecule has 0 N–H and O–H groups in total. The third kappa shape index (κ3) is 5.09. The Morgan fingerprint density at radius 1 is 1.29 bits per heavy atom. The molecule has 31 heavy (non-hydrogen) atoms. The number of unbranched alkanes of at least 4 members (excludes halogenated alkanes) is 2. The van der Waals surface area contributed by atoms with Crippen molar-refractivity contribution in [1.82, 2.24) is 14.3 Å². The minimum absolute atomic E-state index is 0.0992. The molecule has 2 aromatic heterocycles. The average Bonchev–Trinajstić information content (AvgIpc) is 3.27. The first kappa shape index (κ1) is 22.9. The van der Waals surface area contributed by atoms with E-state index in [4.69, 9.17) is 4.74 Å². The number of hydrogen-bond acceptors (Lipinski definition) is 6. The molecular weight excluding hydrogens is 435 g/mol. The second kappa shape index (κ2) is 9.54. The van der Waals surface area contributed by atoms with Crippen molar-refractivity contribution in [3.8, 4) is 5.75 Å². The summed E-state index contributed by atoms with van der Waals surface area (Å²) in [4.78, 5) is 41.3. The molecule has 1 aliphatic heterocycles. The fourth-order valence-corrected chi connectivity index (χ4v) is 3.84. The molecule has 2 amide bonds. The molecule has 7 nitrogen and oxygen atoms in total. The fraction of sp³-hybridized carbons (Fsp3) is 0.400. The van der Waals surface area contributed by atoms with Gasteiger partial charge in [0.25, 0.3) is 16.9 Å². The topological polar surface area (TPSA) is 81.0 Å². The second-order valence-electron chi connectivity index (χ2n) is 6.77. The predicted octanol–water partition coefficient (Wildman–Crippen LogP) is 4.62. The van der Waals surface area contributed by atoms with Crippen LogP contribution in [0.1, 0.15) is 43.1 Å². The molecule has 2 aromatic rings. The number of hydrogen-bond donors (Lipinski definition) is 0. The van der Waals surface area contributed by atoms with Crippen molar-refractivity contribution >= 4 is 34.3 Å². The molecule has 0 unspecified atom stereocenters. The number of alkyl halides is 3. The van der Waals surface area contributed by atoms with E-state index < -0.39 is 17.7 Å². The quantitative estimate of drug-likeness (QED) is 0.312. The van der Waals surface area contributed by atoms with Gasteiger partial charge in [0.15, 0.2) is 11.4 Å². The van der Waals surface area contributed by atoms with Crippen molar-refractivity contribution < 1.29 is 32.3 Å². The Balaban J connectivity index is 1.55. The first-order valence-electron chi connectivity index (χ1n) is 9.68. The van der Waals surface area contributed by atoms with Gasteiger partial charge in [0.05, 0.1) is 17.7 Å². The number of carbonyl (C=O) groups is 3. The Bertz CT molecular complexity index is 1030. The van der Waals surface area contributed by atoms with Crippen molar-refractivity contribution in [1.29, 1.82) is 0 Å². The molecule has 1 saturated heterocycles. The lowest BCUT2D eigenvalue weighted by Crippen LogP contribution is -2.29. The number of rotatable bonds is 9. The Hall–Kier alpha value is -2.82. The normalized spacial score (nSPS) is 16.0. The van der Waals surface area contributed by atoms with Gasteiger partial charge < -0.3 is 4.74 Å². The van der Waals surface area contributed by atoms with Crippen LogP contribution in [0.15, 0.2) is 35.5 Å². The summed E-state index contributed by atoms with van der Waals surface area (Å²) in [5.41, 5.74) is -0.495. The number of allylic oxidation sites excluding steroid dienone is 1. The van der Waals surface area contributed by atoms with Crippen molar-refractivity contribution in [3.63, 3.8) is 0 Å². The van der Waals surface area contributed by atoms with Crippen LogP contribution < -0.4 is 4.74 Å². The van der Waals surface area contributed by atoms with Crippen LogP contribution in [0.25, 0.3) is 5.65 Å². The molecule has 0 saturated carbocycles. The number of imide groups is 1. The molecule has 166 valence electrons. The minimum Gasteiger partial charge on any atom is -0.490 e. The number of aromatic nitrogens is 2. The number of nitrogens with zero attached hydrogens (tertiary/aromatic N) is 3. The number of fused-ring (bicyclic) bond motifs is 1. The highest BCUT2D eigenvalue weighted by molar-refractivity contribution is 8.18. The van der Waals surface area contributed by atoms with Crippen molar-refractivity contribution in [2.75, 3.05) is 13.2 Å². The zero-order valence-corrected chi connectivity index (χ0v) is 17.5. The lowest BCUT2D eigenvalue weighted by molar-refractivity contribution is -0.122. The molecule has 0 aliphatic carbocycles. The highest BCUT2D eigenvalue weighted by Gasteiger charge is 2.41. The van der Waals surface area contributed by atoms with Crippen LogP contribution in [0, 0.1) is 0 Å². The van der Waals surface area contributed by atoms with Gasteiger partial charge in [-0.3, -0.25) is 23.7 Å². The zero-order valence-electron chi connectivity index (χ0n) is 16.6. The molecule has 0 bridgehead atoms. The Labute approximate surface area is 180 Å². The highest BCUT2D eigenvalue weighted by atomic mass is 32.2. The Morgan fingerprint density at radius 2 is 2.06 bits per heavy atom. The lowest BCUT2D eigenvalue weighted by Gasteiger charge is -2.12. The summed E-state index contributed by atoms with van der Waals surface area (Å²) in [5, 5.41) is -0.294. The molecule has 11 heteroatoms. The van der Waals surface area contributed by atoms with Crippen LogP contribution in [0.5, 0.6) is 5.75 Å². The van der Waals surface area contributed by atoms with Crippen LogP contribution >= 0.6 is 11.8 Å². The van der Waals surface area contributed by atoms with Gasteiger partial charge >= 0.3 is 6.18 Å². The van der Waals surface area contributed by atoms with Crippen LogP contribution in [0.2, 0.25) is 0 Å². The standard InChI is InChI=1S/C20H20F3N3O4S/c1-2-3-8-15-18(28)26(19(29)31-15)9-4-5-11-30-14-7-6-10-25-13(12-24-17(14)25)16(27)20(21,22)23/h6-8,10,12H,2-5,9,11H2,1H3/b15-8+. The number of Topliss-reactive ketones (excluding diaryl/α,β-unsaturated/α-hetero) is 1. The summed E-state index contributed by atoms with van der Waals surface area (Å²) in [6.07, 6.45) is 1.58. The molecule has 1 fully saturated rings.